The molecule has 4 aliphatic carbocycles. The van der Waals surface area contributed by atoms with Crippen molar-refractivity contribution < 1.29 is 24.9 Å². The zero-order chi connectivity index (χ0) is 26.1. The average Bonchev–Trinajstić information content (AvgIpc) is 3.03. The minimum absolute atomic E-state index is 0.0352. The number of ketones is 1. The zero-order valence-corrected chi connectivity index (χ0v) is 22.8. The van der Waals surface area contributed by atoms with Crippen LogP contribution in [-0.4, -0.2) is 39.3 Å². The van der Waals surface area contributed by atoms with Crippen LogP contribution in [0.3, 0.4) is 0 Å². The quantitative estimate of drug-likeness (QED) is 0.434. The summed E-state index contributed by atoms with van der Waals surface area (Å²) < 4.78 is 0. The van der Waals surface area contributed by atoms with Crippen molar-refractivity contribution in [2.24, 2.45) is 39.4 Å². The lowest BCUT2D eigenvalue weighted by Gasteiger charge is -2.62. The van der Waals surface area contributed by atoms with E-state index >= 15 is 0 Å². The maximum atomic E-state index is 13.9. The van der Waals surface area contributed by atoms with E-state index in [1.54, 1.807) is 6.92 Å². The van der Waals surface area contributed by atoms with E-state index in [4.69, 9.17) is 5.11 Å². The van der Waals surface area contributed by atoms with E-state index in [0.29, 0.717) is 36.7 Å². The number of hydrogen-bond acceptors (Lipinski definition) is 4. The molecule has 0 radical (unpaired) electrons. The third-order valence-corrected chi connectivity index (χ3v) is 11.6. The van der Waals surface area contributed by atoms with E-state index < -0.39 is 18.2 Å². The highest BCUT2D eigenvalue weighted by Crippen LogP contribution is 2.71. The van der Waals surface area contributed by atoms with Crippen molar-refractivity contribution in [1.29, 1.82) is 0 Å². The topological polar surface area (TPSA) is 94.8 Å². The molecular weight excluding hydrogens is 440 g/mol. The molecule has 0 amide bonds. The lowest BCUT2D eigenvalue weighted by Crippen LogP contribution is -2.59. The monoisotopic (exact) mass is 486 g/mol. The van der Waals surface area contributed by atoms with Gasteiger partial charge in [0.25, 0.3) is 0 Å². The lowest BCUT2D eigenvalue weighted by molar-refractivity contribution is -0.138. The fraction of sp³-hybridized carbons (Fsp3) is 0.800. The molecule has 35 heavy (non-hydrogen) atoms. The summed E-state index contributed by atoms with van der Waals surface area (Å²) >= 11 is 0. The van der Waals surface area contributed by atoms with Gasteiger partial charge in [0.1, 0.15) is 0 Å². The summed E-state index contributed by atoms with van der Waals surface area (Å²) in [4.78, 5) is 25.1. The molecule has 2 fully saturated rings. The molecule has 0 spiro atoms. The first-order valence-corrected chi connectivity index (χ1v) is 13.7. The van der Waals surface area contributed by atoms with Crippen molar-refractivity contribution in [3.8, 4) is 0 Å². The lowest BCUT2D eigenvalue weighted by atomic mass is 9.42. The van der Waals surface area contributed by atoms with Gasteiger partial charge in [0.05, 0.1) is 12.2 Å². The number of allylic oxidation sites excluding steroid dienone is 2. The van der Waals surface area contributed by atoms with Gasteiger partial charge in [-0.2, -0.15) is 0 Å². The Balaban J connectivity index is 1.70. The predicted molar refractivity (Wildman–Crippen MR) is 137 cm³/mol. The summed E-state index contributed by atoms with van der Waals surface area (Å²) in [7, 11) is 0. The second kappa shape index (κ2) is 8.55. The van der Waals surface area contributed by atoms with Crippen molar-refractivity contribution in [3.05, 3.63) is 22.8 Å². The molecular formula is C30H46O5. The Labute approximate surface area is 211 Å². The minimum Gasteiger partial charge on any atom is -0.478 e. The smallest absolute Gasteiger partial charge is 0.330 e. The molecule has 5 heteroatoms. The fourth-order valence-electron chi connectivity index (χ4n) is 9.23. The van der Waals surface area contributed by atoms with Crippen LogP contribution in [0.15, 0.2) is 22.8 Å². The molecule has 0 bridgehead atoms. The predicted octanol–water partition coefficient (Wildman–Crippen LogP) is 5.69. The maximum absolute atomic E-state index is 13.9. The fourth-order valence-corrected chi connectivity index (χ4v) is 9.23. The Hall–Kier alpha value is -1.46. The number of carboxylic acids is 1. The van der Waals surface area contributed by atoms with Gasteiger partial charge in [-0.1, -0.05) is 47.6 Å². The largest absolute Gasteiger partial charge is 0.478 e. The number of fused-ring (bicyclic) bond motifs is 4. The Kier molecular flexibility index (Phi) is 6.50. The van der Waals surface area contributed by atoms with E-state index in [9.17, 15) is 19.8 Å². The number of carbonyl (C=O) groups is 2. The highest BCUT2D eigenvalue weighted by Gasteiger charge is 2.67. The number of aliphatic hydroxyl groups is 2. The van der Waals surface area contributed by atoms with E-state index in [1.807, 2.05) is 6.08 Å². The number of carbonyl (C=O) groups excluding carboxylic acids is 1. The Morgan fingerprint density at radius 3 is 2.40 bits per heavy atom. The van der Waals surface area contributed by atoms with Gasteiger partial charge in [-0.15, -0.1) is 0 Å². The second-order valence-corrected chi connectivity index (χ2v) is 13.6. The minimum atomic E-state index is -0.867. The molecule has 0 aliphatic heterocycles. The van der Waals surface area contributed by atoms with Crippen LogP contribution in [0.2, 0.25) is 0 Å². The highest BCUT2D eigenvalue weighted by molar-refractivity contribution is 6.00. The molecule has 2 saturated carbocycles. The van der Waals surface area contributed by atoms with Crippen LogP contribution in [0, 0.1) is 39.4 Å². The standard InChI is InChI=1S/C30H46O5/c1-17(9-8-10-18(2)26(34)35)19-11-14-29(6)25-20(31)15-22-27(3,4)23(33)12-13-28(22,5)24(25)21(32)16-30(19,29)7/h10,17,19,21-23,32-33H,8-9,11-16H2,1-7H3,(H,34,35)/b18-10+/t17-,19?,21-,22?,23+,28+,29+,30-/m1/s1. The van der Waals surface area contributed by atoms with Gasteiger partial charge < -0.3 is 15.3 Å². The molecule has 0 aromatic rings. The van der Waals surface area contributed by atoms with Crippen molar-refractivity contribution >= 4 is 11.8 Å². The van der Waals surface area contributed by atoms with Crippen LogP contribution in [-0.2, 0) is 9.59 Å². The average molecular weight is 487 g/mol. The van der Waals surface area contributed by atoms with Crippen LogP contribution in [0.4, 0.5) is 0 Å². The molecule has 4 rings (SSSR count). The van der Waals surface area contributed by atoms with Gasteiger partial charge in [-0.3, -0.25) is 4.79 Å². The maximum Gasteiger partial charge on any atom is 0.330 e. The van der Waals surface area contributed by atoms with Gasteiger partial charge in [-0.25, -0.2) is 4.79 Å². The van der Waals surface area contributed by atoms with Gasteiger partial charge in [-0.05, 0) is 91.4 Å². The molecule has 0 saturated heterocycles. The molecule has 8 atom stereocenters. The molecule has 3 N–H and O–H groups in total. The Morgan fingerprint density at radius 1 is 1.11 bits per heavy atom. The Morgan fingerprint density at radius 2 is 1.77 bits per heavy atom. The first-order chi connectivity index (χ1) is 16.1. The van der Waals surface area contributed by atoms with E-state index in [0.717, 1.165) is 43.3 Å². The number of aliphatic carboxylic acids is 1. The Bertz CT molecular complexity index is 975. The summed E-state index contributed by atoms with van der Waals surface area (Å²) in [5.41, 5.74) is 1.22. The van der Waals surface area contributed by atoms with Gasteiger partial charge in [0, 0.05) is 23.0 Å². The third kappa shape index (κ3) is 3.70. The number of aliphatic hydroxyl groups excluding tert-OH is 2. The van der Waals surface area contributed by atoms with Gasteiger partial charge in [0.15, 0.2) is 5.78 Å². The van der Waals surface area contributed by atoms with Crippen LogP contribution in [0.25, 0.3) is 0 Å². The summed E-state index contributed by atoms with van der Waals surface area (Å²) in [5.74, 6) is 0.102. The van der Waals surface area contributed by atoms with E-state index in [-0.39, 0.29) is 33.4 Å². The summed E-state index contributed by atoms with van der Waals surface area (Å²) in [6.07, 6.45) is 7.01. The third-order valence-electron chi connectivity index (χ3n) is 11.6. The second-order valence-electron chi connectivity index (χ2n) is 13.6. The van der Waals surface area contributed by atoms with Crippen LogP contribution in [0.5, 0.6) is 0 Å². The van der Waals surface area contributed by atoms with Crippen LogP contribution < -0.4 is 0 Å². The van der Waals surface area contributed by atoms with Crippen LogP contribution >= 0.6 is 0 Å². The van der Waals surface area contributed by atoms with E-state index in [1.165, 1.54) is 0 Å². The van der Waals surface area contributed by atoms with Crippen LogP contribution in [0.1, 0.15) is 99.8 Å². The zero-order valence-electron chi connectivity index (χ0n) is 22.8. The molecule has 0 heterocycles. The number of Topliss-reactive ketones (excluding diaryl/α,β-unsaturated/α-hetero) is 1. The van der Waals surface area contributed by atoms with Crippen molar-refractivity contribution in [1.82, 2.24) is 0 Å². The number of hydrogen-bond donors (Lipinski definition) is 3. The molecule has 196 valence electrons. The van der Waals surface area contributed by atoms with Crippen molar-refractivity contribution in [2.45, 2.75) is 112 Å². The summed E-state index contributed by atoms with van der Waals surface area (Å²) in [6.45, 7) is 14.9. The first kappa shape index (κ1) is 26.6. The number of carboxylic acid groups (broad SMARTS) is 1. The molecule has 0 aromatic carbocycles. The summed E-state index contributed by atoms with van der Waals surface area (Å²) in [5, 5.41) is 31.7. The SMILES string of the molecule is C/C(=C\CC[C@@H](C)C1CC[C@@]2(C)C3=C([C@H](O)C[C@]12C)[C@@]1(C)CC[C@H](O)C(C)(C)C1CC3=O)C(=O)O. The normalized spacial score (nSPS) is 43.9. The molecule has 4 aliphatic rings. The van der Waals surface area contributed by atoms with Gasteiger partial charge >= 0.3 is 5.97 Å². The summed E-state index contributed by atoms with van der Waals surface area (Å²) in [6, 6.07) is 0. The molecule has 5 nitrogen and oxygen atoms in total. The van der Waals surface area contributed by atoms with Crippen molar-refractivity contribution in [3.63, 3.8) is 0 Å². The number of rotatable bonds is 5. The molecule has 2 unspecified atom stereocenters. The van der Waals surface area contributed by atoms with Crippen molar-refractivity contribution in [2.75, 3.05) is 0 Å². The van der Waals surface area contributed by atoms with E-state index in [2.05, 4.69) is 41.5 Å². The van der Waals surface area contributed by atoms with Gasteiger partial charge in [0.2, 0.25) is 0 Å². The molecule has 0 aromatic heterocycles. The highest BCUT2D eigenvalue weighted by atomic mass is 16.4. The first-order valence-electron chi connectivity index (χ1n) is 13.7.